The van der Waals surface area contributed by atoms with E-state index < -0.39 is 0 Å². The fourth-order valence-electron chi connectivity index (χ4n) is 1.88. The summed E-state index contributed by atoms with van der Waals surface area (Å²) in [6.07, 6.45) is 0.949. The Balaban J connectivity index is 0.00000128. The minimum Gasteiger partial charge on any atom is -0.311 e. The Hall–Kier alpha value is -0.580. The molecule has 1 aliphatic rings. The number of nitrogens with zero attached hydrogens (tertiary/aromatic N) is 1. The van der Waals surface area contributed by atoms with Crippen molar-refractivity contribution in [3.8, 4) is 0 Å². The van der Waals surface area contributed by atoms with Crippen LogP contribution in [0.3, 0.4) is 0 Å². The Labute approximate surface area is 110 Å². The zero-order valence-corrected chi connectivity index (χ0v) is 11.4. The van der Waals surface area contributed by atoms with E-state index >= 15 is 0 Å². The van der Waals surface area contributed by atoms with Crippen LogP contribution in [0.15, 0.2) is 22.7 Å². The average Bonchev–Trinajstić information content (AvgIpc) is 2.60. The second kappa shape index (κ2) is 5.66. The van der Waals surface area contributed by atoms with Crippen LogP contribution < -0.4 is 10.2 Å². The number of nitrogens with one attached hydrogen (secondary N) is 1. The number of anilines is 1. The lowest BCUT2D eigenvalue weighted by molar-refractivity contribution is -0.117. The molecule has 0 atom stereocenters. The number of carbonyl (C=O) groups is 1. The monoisotopic (exact) mass is 304 g/mol. The molecule has 0 radical (unpaired) electrons. The maximum Gasteiger partial charge on any atom is 0.240 e. The molecule has 1 N–H and O–H groups in total. The van der Waals surface area contributed by atoms with E-state index in [9.17, 15) is 4.79 Å². The van der Waals surface area contributed by atoms with Crippen LogP contribution in [0.5, 0.6) is 0 Å². The first-order valence-corrected chi connectivity index (χ1v) is 5.75. The quantitative estimate of drug-likeness (QED) is 0.906. The fourth-order valence-corrected chi connectivity index (χ4v) is 2.28. The summed E-state index contributed by atoms with van der Waals surface area (Å²) in [5.41, 5.74) is 2.30. The van der Waals surface area contributed by atoms with Gasteiger partial charge in [-0.05, 0) is 37.2 Å². The fraction of sp³-hybridized carbons (Fsp3) is 0.364. The van der Waals surface area contributed by atoms with Crippen molar-refractivity contribution in [2.24, 2.45) is 0 Å². The van der Waals surface area contributed by atoms with Gasteiger partial charge in [-0.1, -0.05) is 15.9 Å². The van der Waals surface area contributed by atoms with Gasteiger partial charge < -0.3 is 10.2 Å². The van der Waals surface area contributed by atoms with Gasteiger partial charge in [-0.2, -0.15) is 0 Å². The summed E-state index contributed by atoms with van der Waals surface area (Å²) in [5.74, 6) is 0.138. The molecule has 0 spiro atoms. The third-order valence-corrected chi connectivity index (χ3v) is 3.06. The van der Waals surface area contributed by atoms with Gasteiger partial charge in [0.1, 0.15) is 0 Å². The Bertz CT molecular complexity index is 398. The zero-order chi connectivity index (χ0) is 10.8. The van der Waals surface area contributed by atoms with Crippen molar-refractivity contribution >= 4 is 39.9 Å². The highest BCUT2D eigenvalue weighted by molar-refractivity contribution is 9.10. The van der Waals surface area contributed by atoms with Gasteiger partial charge in [-0.15, -0.1) is 12.4 Å². The van der Waals surface area contributed by atoms with Crippen LogP contribution in [0.4, 0.5) is 5.69 Å². The number of likely N-dealkylation sites (N-methyl/N-ethyl adjacent to an activating group) is 1. The molecule has 1 amide bonds. The van der Waals surface area contributed by atoms with Gasteiger partial charge in [-0.25, -0.2) is 0 Å². The van der Waals surface area contributed by atoms with E-state index in [2.05, 4.69) is 27.3 Å². The van der Waals surface area contributed by atoms with Crippen molar-refractivity contribution in [2.75, 3.05) is 25.0 Å². The van der Waals surface area contributed by atoms with Gasteiger partial charge in [0.05, 0.1) is 6.54 Å². The predicted molar refractivity (Wildman–Crippen MR) is 71.4 cm³/mol. The Morgan fingerprint density at radius 2 is 2.31 bits per heavy atom. The summed E-state index contributed by atoms with van der Waals surface area (Å²) in [4.78, 5) is 13.6. The first-order valence-electron chi connectivity index (χ1n) is 4.96. The number of benzene rings is 1. The van der Waals surface area contributed by atoms with Crippen LogP contribution in [-0.4, -0.2) is 26.0 Å². The van der Waals surface area contributed by atoms with E-state index in [-0.39, 0.29) is 18.3 Å². The molecule has 0 bridgehead atoms. The molecule has 1 heterocycles. The molecule has 1 aromatic rings. The second-order valence-electron chi connectivity index (χ2n) is 3.60. The van der Waals surface area contributed by atoms with Gasteiger partial charge in [0.25, 0.3) is 0 Å². The molecule has 0 aromatic heterocycles. The molecular weight excluding hydrogens is 291 g/mol. The summed E-state index contributed by atoms with van der Waals surface area (Å²) in [7, 11) is 1.79. The third-order valence-electron chi connectivity index (χ3n) is 2.57. The highest BCUT2D eigenvalue weighted by Gasteiger charge is 2.23. The maximum absolute atomic E-state index is 11.7. The van der Waals surface area contributed by atoms with Crippen molar-refractivity contribution in [1.82, 2.24) is 5.32 Å². The van der Waals surface area contributed by atoms with Gasteiger partial charge >= 0.3 is 0 Å². The minimum atomic E-state index is 0. The molecule has 88 valence electrons. The third kappa shape index (κ3) is 2.56. The smallest absolute Gasteiger partial charge is 0.240 e. The number of hydrogen-bond donors (Lipinski definition) is 1. The van der Waals surface area contributed by atoms with Crippen molar-refractivity contribution in [1.29, 1.82) is 0 Å². The van der Waals surface area contributed by atoms with Crippen molar-refractivity contribution in [3.63, 3.8) is 0 Å². The Morgan fingerprint density at radius 1 is 1.56 bits per heavy atom. The molecule has 0 fully saturated rings. The molecule has 0 unspecified atom stereocenters. The van der Waals surface area contributed by atoms with Gasteiger partial charge in [0.15, 0.2) is 0 Å². The zero-order valence-electron chi connectivity index (χ0n) is 9.00. The number of amides is 1. The predicted octanol–water partition coefficient (Wildman–Crippen LogP) is 1.98. The second-order valence-corrected chi connectivity index (χ2v) is 4.51. The number of rotatable bonds is 2. The molecule has 1 aromatic carbocycles. The van der Waals surface area contributed by atoms with Crippen LogP contribution in [0.1, 0.15) is 5.56 Å². The van der Waals surface area contributed by atoms with Crippen LogP contribution in [0, 0.1) is 0 Å². The standard InChI is InChI=1S/C11H13BrN2O.ClH/c1-13-7-11(15)14-5-4-8-6-9(12)2-3-10(8)14;/h2-3,6,13H,4-5,7H2,1H3;1H. The van der Waals surface area contributed by atoms with E-state index in [4.69, 9.17) is 0 Å². The van der Waals surface area contributed by atoms with Crippen LogP contribution >= 0.6 is 28.3 Å². The largest absolute Gasteiger partial charge is 0.311 e. The van der Waals surface area contributed by atoms with Crippen LogP contribution in [-0.2, 0) is 11.2 Å². The number of carbonyl (C=O) groups excluding carboxylic acids is 1. The number of fused-ring (bicyclic) bond motifs is 1. The summed E-state index contributed by atoms with van der Waals surface area (Å²) >= 11 is 3.44. The first kappa shape index (κ1) is 13.5. The van der Waals surface area contributed by atoms with E-state index in [1.54, 1.807) is 7.05 Å². The highest BCUT2D eigenvalue weighted by atomic mass is 79.9. The molecule has 0 aliphatic carbocycles. The first-order chi connectivity index (χ1) is 7.22. The van der Waals surface area contributed by atoms with E-state index in [0.717, 1.165) is 23.1 Å². The van der Waals surface area contributed by atoms with Crippen LogP contribution in [0.2, 0.25) is 0 Å². The normalized spacial score (nSPS) is 13.2. The molecule has 5 heteroatoms. The van der Waals surface area contributed by atoms with E-state index in [1.807, 2.05) is 17.0 Å². The summed E-state index contributed by atoms with van der Waals surface area (Å²) in [6, 6.07) is 6.06. The van der Waals surface area contributed by atoms with Gasteiger partial charge in [0.2, 0.25) is 5.91 Å². The van der Waals surface area contributed by atoms with E-state index in [1.165, 1.54) is 5.56 Å². The summed E-state index contributed by atoms with van der Waals surface area (Å²) < 4.78 is 1.07. The Morgan fingerprint density at radius 3 is 3.00 bits per heavy atom. The minimum absolute atomic E-state index is 0. The van der Waals surface area contributed by atoms with Crippen molar-refractivity contribution < 1.29 is 4.79 Å². The van der Waals surface area contributed by atoms with Crippen LogP contribution in [0.25, 0.3) is 0 Å². The summed E-state index contributed by atoms with van der Waals surface area (Å²) in [6.45, 7) is 1.20. The summed E-state index contributed by atoms with van der Waals surface area (Å²) in [5, 5.41) is 2.89. The Kier molecular flexibility index (Phi) is 4.77. The molecule has 16 heavy (non-hydrogen) atoms. The highest BCUT2D eigenvalue weighted by Crippen LogP contribution is 2.30. The molecule has 0 saturated heterocycles. The lowest BCUT2D eigenvalue weighted by Crippen LogP contribution is -2.35. The van der Waals surface area contributed by atoms with Gasteiger partial charge in [-0.3, -0.25) is 4.79 Å². The lowest BCUT2D eigenvalue weighted by Gasteiger charge is -2.16. The van der Waals surface area contributed by atoms with E-state index in [0.29, 0.717) is 6.54 Å². The topological polar surface area (TPSA) is 32.3 Å². The number of halogens is 2. The number of hydrogen-bond acceptors (Lipinski definition) is 2. The molecule has 0 saturated carbocycles. The molecular formula is C11H14BrClN2O. The van der Waals surface area contributed by atoms with Gasteiger partial charge in [0, 0.05) is 16.7 Å². The molecule has 1 aliphatic heterocycles. The maximum atomic E-state index is 11.7. The SMILES string of the molecule is CNCC(=O)N1CCc2cc(Br)ccc21.Cl. The van der Waals surface area contributed by atoms with Crippen molar-refractivity contribution in [3.05, 3.63) is 28.2 Å². The average molecular weight is 306 g/mol. The van der Waals surface area contributed by atoms with Crippen molar-refractivity contribution in [2.45, 2.75) is 6.42 Å². The molecule has 3 nitrogen and oxygen atoms in total. The molecule has 2 rings (SSSR count). The lowest BCUT2D eigenvalue weighted by atomic mass is 10.2.